The maximum atomic E-state index is 15.0. The van der Waals surface area contributed by atoms with E-state index < -0.39 is 39.4 Å². The second-order valence-corrected chi connectivity index (χ2v) is 13.8. The van der Waals surface area contributed by atoms with Crippen LogP contribution in [0.15, 0.2) is 72.8 Å². The highest BCUT2D eigenvalue weighted by Gasteiger charge is 2.74. The van der Waals surface area contributed by atoms with Crippen LogP contribution in [0.3, 0.4) is 0 Å². The number of nitrogens with zero attached hydrogens (tertiary/aromatic N) is 2. The van der Waals surface area contributed by atoms with Gasteiger partial charge < -0.3 is 19.6 Å². The predicted molar refractivity (Wildman–Crippen MR) is 164 cm³/mol. The van der Waals surface area contributed by atoms with Crippen LogP contribution in [0.4, 0.5) is 5.69 Å². The first-order valence-electron chi connectivity index (χ1n) is 14.8. The number of esters is 1. The molecule has 4 aliphatic heterocycles. The van der Waals surface area contributed by atoms with E-state index in [0.29, 0.717) is 13.2 Å². The lowest BCUT2D eigenvalue weighted by Gasteiger charge is -2.40. The summed E-state index contributed by atoms with van der Waals surface area (Å²) >= 11 is 1.53. The smallest absolute Gasteiger partial charge is 0.311 e. The Balaban J connectivity index is 1.56. The molecule has 0 aliphatic carbocycles. The van der Waals surface area contributed by atoms with Crippen LogP contribution >= 0.6 is 11.8 Å². The number of allylic oxidation sites excluding steroid dienone is 1. The number of ether oxygens (including phenoxy) is 1. The quantitative estimate of drug-likeness (QED) is 0.405. The Hall–Kier alpha value is -3.36. The highest BCUT2D eigenvalue weighted by atomic mass is 32.2. The molecule has 2 aromatic carbocycles. The van der Waals surface area contributed by atoms with Gasteiger partial charge in [-0.25, -0.2) is 0 Å². The van der Waals surface area contributed by atoms with Crippen molar-refractivity contribution in [3.05, 3.63) is 89.5 Å². The van der Waals surface area contributed by atoms with Crippen molar-refractivity contribution in [1.82, 2.24) is 4.90 Å². The second-order valence-electron chi connectivity index (χ2n) is 12.0. The van der Waals surface area contributed by atoms with Gasteiger partial charge in [-0.05, 0) is 56.7 Å². The molecule has 220 valence electrons. The average molecular weight is 587 g/mol. The zero-order chi connectivity index (χ0) is 29.6. The molecule has 2 saturated heterocycles. The lowest BCUT2D eigenvalue weighted by Crippen LogP contribution is -2.55. The number of cyclic esters (lactones) is 1. The zero-order valence-electron chi connectivity index (χ0n) is 24.4. The Bertz CT molecular complexity index is 1440. The van der Waals surface area contributed by atoms with Gasteiger partial charge in [0.15, 0.2) is 0 Å². The van der Waals surface area contributed by atoms with Crippen LogP contribution in [-0.4, -0.2) is 63.1 Å². The van der Waals surface area contributed by atoms with E-state index in [1.54, 1.807) is 9.80 Å². The average Bonchev–Trinajstić information content (AvgIpc) is 3.30. The molecule has 0 bridgehead atoms. The number of hydrogen-bond donors (Lipinski definition) is 1. The summed E-state index contributed by atoms with van der Waals surface area (Å²) < 4.78 is 4.01. The number of rotatable bonds is 4. The van der Waals surface area contributed by atoms with Gasteiger partial charge in [-0.3, -0.25) is 14.4 Å². The molecule has 2 amide bonds. The van der Waals surface area contributed by atoms with Crippen molar-refractivity contribution < 1.29 is 24.2 Å². The van der Waals surface area contributed by atoms with E-state index in [2.05, 4.69) is 12.2 Å². The van der Waals surface area contributed by atoms with Crippen LogP contribution in [0.25, 0.3) is 0 Å². The van der Waals surface area contributed by atoms with E-state index in [-0.39, 0.29) is 18.4 Å². The van der Waals surface area contributed by atoms with Crippen LogP contribution in [0.2, 0.25) is 0 Å². The number of carbonyl (C=O) groups excluding carboxylic acids is 3. The van der Waals surface area contributed by atoms with Crippen molar-refractivity contribution in [3.8, 4) is 0 Å². The molecule has 2 fully saturated rings. The summed E-state index contributed by atoms with van der Waals surface area (Å²) in [5.74, 6) is -2.52. The third kappa shape index (κ3) is 4.42. The van der Waals surface area contributed by atoms with E-state index in [1.807, 2.05) is 81.5 Å². The molecule has 1 unspecified atom stereocenters. The van der Waals surface area contributed by atoms with Gasteiger partial charge in [-0.15, -0.1) is 11.8 Å². The summed E-state index contributed by atoms with van der Waals surface area (Å²) in [6.07, 6.45) is 10.7. The van der Waals surface area contributed by atoms with Crippen LogP contribution in [0, 0.1) is 25.7 Å². The first-order chi connectivity index (χ1) is 20.2. The minimum absolute atomic E-state index is 0.209. The van der Waals surface area contributed by atoms with Crippen LogP contribution in [-0.2, 0) is 19.1 Å². The molecule has 0 saturated carbocycles. The number of para-hydroxylation sites is 1. The molecule has 8 heteroatoms. The van der Waals surface area contributed by atoms with Crippen LogP contribution < -0.4 is 4.90 Å². The minimum Gasteiger partial charge on any atom is -0.465 e. The summed E-state index contributed by atoms with van der Waals surface area (Å²) in [5, 5.41) is 10.8. The molecule has 6 rings (SSSR count). The van der Waals surface area contributed by atoms with Gasteiger partial charge in [-0.1, -0.05) is 72.8 Å². The summed E-state index contributed by atoms with van der Waals surface area (Å²) in [5.41, 5.74) is 3.50. The van der Waals surface area contributed by atoms with Crippen molar-refractivity contribution in [2.45, 2.75) is 61.6 Å². The molecule has 0 aromatic heterocycles. The van der Waals surface area contributed by atoms with E-state index in [4.69, 9.17) is 4.74 Å². The fourth-order valence-corrected chi connectivity index (χ4v) is 9.67. The summed E-state index contributed by atoms with van der Waals surface area (Å²) in [6.45, 7) is 6.27. The molecule has 6 atom stereocenters. The van der Waals surface area contributed by atoms with Gasteiger partial charge in [-0.2, -0.15) is 0 Å². The first kappa shape index (κ1) is 28.7. The predicted octanol–water partition coefficient (Wildman–Crippen LogP) is 4.91. The lowest BCUT2D eigenvalue weighted by molar-refractivity contribution is -0.154. The highest BCUT2D eigenvalue weighted by molar-refractivity contribution is 8.02. The van der Waals surface area contributed by atoms with E-state index in [1.165, 1.54) is 11.8 Å². The number of aliphatic hydroxyl groups is 1. The molecule has 42 heavy (non-hydrogen) atoms. The molecule has 1 N–H and O–H groups in total. The fourth-order valence-electron chi connectivity index (χ4n) is 7.53. The van der Waals surface area contributed by atoms with E-state index in [0.717, 1.165) is 41.6 Å². The number of aliphatic hydroxyl groups excluding tert-OH is 1. The van der Waals surface area contributed by atoms with Gasteiger partial charge in [0.05, 0.1) is 35.8 Å². The largest absolute Gasteiger partial charge is 0.465 e. The Morgan fingerprint density at radius 2 is 1.69 bits per heavy atom. The molecule has 2 aromatic rings. The topological polar surface area (TPSA) is 87.2 Å². The SMILES string of the molecule is Cc1cccc(C)c1N1CC=C[C@]23S[C@@]4(C)/C=C\CCCCOC(=O)[C@H]4[C@H]2C(=O)N([C@H](CO)c2ccccc2)C3C1=O. The number of amides is 2. The standard InChI is InChI=1S/C34H38N2O5S/c1-22-13-11-14-23(2)28(22)35-19-12-18-34-26(27-32(40)41-20-10-5-4-9-17-33(27,3)42-34)30(38)36(29(34)31(35)39)25(21-37)24-15-7-6-8-16-24/h6-9,11-18,25-27,29,37H,4-5,10,19-21H2,1-3H3/b17-9-/t25-,26+,27-,29?,33+,34+/m1/s1. The van der Waals surface area contributed by atoms with E-state index >= 15 is 0 Å². The van der Waals surface area contributed by atoms with Crippen LogP contribution in [0.1, 0.15) is 48.9 Å². The Morgan fingerprint density at radius 1 is 0.952 bits per heavy atom. The molecule has 4 heterocycles. The molecule has 0 radical (unpaired) electrons. The van der Waals surface area contributed by atoms with Crippen molar-refractivity contribution in [3.63, 3.8) is 0 Å². The number of anilines is 1. The van der Waals surface area contributed by atoms with E-state index in [9.17, 15) is 19.5 Å². The van der Waals surface area contributed by atoms with Crippen molar-refractivity contribution >= 4 is 35.2 Å². The summed E-state index contributed by atoms with van der Waals surface area (Å²) in [6, 6.07) is 13.6. The van der Waals surface area contributed by atoms with Gasteiger partial charge in [0.1, 0.15) is 6.04 Å². The molecular weight excluding hydrogens is 548 g/mol. The van der Waals surface area contributed by atoms with Crippen LogP contribution in [0.5, 0.6) is 0 Å². The van der Waals surface area contributed by atoms with Gasteiger partial charge >= 0.3 is 5.97 Å². The number of benzene rings is 2. The van der Waals surface area contributed by atoms with Gasteiger partial charge in [0.25, 0.3) is 5.91 Å². The second kappa shape index (κ2) is 11.0. The molecule has 7 nitrogen and oxygen atoms in total. The number of carbonyl (C=O) groups is 3. The maximum Gasteiger partial charge on any atom is 0.311 e. The third-order valence-corrected chi connectivity index (χ3v) is 11.1. The zero-order valence-corrected chi connectivity index (χ0v) is 25.2. The molecule has 1 spiro atoms. The summed E-state index contributed by atoms with van der Waals surface area (Å²) in [7, 11) is 0. The lowest BCUT2D eigenvalue weighted by atomic mass is 9.74. The Morgan fingerprint density at radius 3 is 2.40 bits per heavy atom. The monoisotopic (exact) mass is 586 g/mol. The first-order valence-corrected chi connectivity index (χ1v) is 15.6. The van der Waals surface area contributed by atoms with Gasteiger partial charge in [0.2, 0.25) is 5.91 Å². The Labute approximate surface area is 251 Å². The minimum atomic E-state index is -1.03. The number of hydrogen-bond acceptors (Lipinski definition) is 6. The van der Waals surface area contributed by atoms with Crippen molar-refractivity contribution in [2.75, 3.05) is 24.7 Å². The number of thioether (sulfide) groups is 1. The maximum absolute atomic E-state index is 15.0. The van der Waals surface area contributed by atoms with Gasteiger partial charge in [0, 0.05) is 17.0 Å². The van der Waals surface area contributed by atoms with Crippen molar-refractivity contribution in [1.29, 1.82) is 0 Å². The summed E-state index contributed by atoms with van der Waals surface area (Å²) in [4.78, 5) is 47.0. The Kier molecular flexibility index (Phi) is 7.56. The number of fused-ring (bicyclic) bond motifs is 2. The number of likely N-dealkylation sites (tertiary alicyclic amines) is 1. The third-order valence-electron chi connectivity index (χ3n) is 9.34. The fraction of sp³-hybridized carbons (Fsp3) is 0.441. The normalized spacial score (nSPS) is 32.5. The van der Waals surface area contributed by atoms with Crippen molar-refractivity contribution in [2.24, 2.45) is 11.8 Å². The molecule has 4 aliphatic rings. The number of aryl methyl sites for hydroxylation is 2. The molecular formula is C34H38N2O5S. The highest BCUT2D eigenvalue weighted by Crippen LogP contribution is 2.66.